The Hall–Kier alpha value is -0.120. The normalized spacial score (nSPS) is 26.0. The van der Waals surface area contributed by atoms with Crippen LogP contribution >= 0.6 is 0 Å². The van der Waals surface area contributed by atoms with E-state index in [1.807, 2.05) is 0 Å². The van der Waals surface area contributed by atoms with E-state index in [0.717, 1.165) is 12.3 Å². The predicted octanol–water partition coefficient (Wildman–Crippen LogP) is 3.75. The van der Waals surface area contributed by atoms with Crippen LogP contribution in [0.3, 0.4) is 0 Å². The molecule has 4 atom stereocenters. The maximum atomic E-state index is 10.0. The first-order valence-electron chi connectivity index (χ1n) is 9.02. The van der Waals surface area contributed by atoms with Crippen LogP contribution in [0.25, 0.3) is 0 Å². The molecule has 1 fully saturated rings. The van der Waals surface area contributed by atoms with Gasteiger partial charge in [-0.2, -0.15) is 0 Å². The molecule has 126 valence electrons. The molecule has 1 aliphatic rings. The van der Waals surface area contributed by atoms with Crippen molar-refractivity contribution in [1.82, 2.24) is 5.32 Å². The van der Waals surface area contributed by atoms with Crippen molar-refractivity contribution in [3.63, 3.8) is 0 Å². The zero-order valence-electron chi connectivity index (χ0n) is 14.6. The number of aliphatic hydroxyl groups excluding tert-OH is 1. The molecule has 3 nitrogen and oxygen atoms in total. The number of rotatable bonds is 10. The van der Waals surface area contributed by atoms with Crippen LogP contribution in [0.2, 0.25) is 0 Å². The minimum atomic E-state index is -0.383. The predicted molar refractivity (Wildman–Crippen MR) is 89.5 cm³/mol. The highest BCUT2D eigenvalue weighted by atomic mass is 16.5. The van der Waals surface area contributed by atoms with Crippen LogP contribution in [0, 0.1) is 11.8 Å². The first-order chi connectivity index (χ1) is 9.99. The topological polar surface area (TPSA) is 41.5 Å². The van der Waals surface area contributed by atoms with Gasteiger partial charge in [0.1, 0.15) is 0 Å². The van der Waals surface area contributed by atoms with Gasteiger partial charge in [0, 0.05) is 12.6 Å². The van der Waals surface area contributed by atoms with Crippen LogP contribution in [-0.2, 0) is 4.74 Å². The van der Waals surface area contributed by atoms with Gasteiger partial charge in [0.15, 0.2) is 0 Å². The highest BCUT2D eigenvalue weighted by Gasteiger charge is 2.22. The summed E-state index contributed by atoms with van der Waals surface area (Å²) < 4.78 is 5.91. The minimum Gasteiger partial charge on any atom is -0.389 e. The molecule has 4 unspecified atom stereocenters. The highest BCUT2D eigenvalue weighted by molar-refractivity contribution is 4.73. The van der Waals surface area contributed by atoms with Gasteiger partial charge in [-0.1, -0.05) is 46.5 Å². The van der Waals surface area contributed by atoms with Gasteiger partial charge in [-0.25, -0.2) is 0 Å². The lowest BCUT2D eigenvalue weighted by Crippen LogP contribution is -2.37. The third kappa shape index (κ3) is 8.80. The van der Waals surface area contributed by atoms with Crippen LogP contribution in [0.15, 0.2) is 0 Å². The van der Waals surface area contributed by atoms with Gasteiger partial charge in [0.05, 0.1) is 18.8 Å². The third-order valence-corrected chi connectivity index (χ3v) is 4.66. The smallest absolute Gasteiger partial charge is 0.0897 e. The second-order valence-corrected chi connectivity index (χ2v) is 7.42. The summed E-state index contributed by atoms with van der Waals surface area (Å²) in [4.78, 5) is 0. The molecule has 1 saturated carbocycles. The first-order valence-corrected chi connectivity index (χ1v) is 9.02. The molecule has 3 heteroatoms. The van der Waals surface area contributed by atoms with Crippen molar-refractivity contribution in [2.24, 2.45) is 11.8 Å². The van der Waals surface area contributed by atoms with Crippen molar-refractivity contribution in [1.29, 1.82) is 0 Å². The van der Waals surface area contributed by atoms with Crippen LogP contribution < -0.4 is 5.32 Å². The summed E-state index contributed by atoms with van der Waals surface area (Å²) in [5.74, 6) is 1.43. The van der Waals surface area contributed by atoms with E-state index in [2.05, 4.69) is 33.0 Å². The van der Waals surface area contributed by atoms with Crippen LogP contribution in [-0.4, -0.2) is 36.5 Å². The molecule has 0 spiro atoms. The fraction of sp³-hybridized carbons (Fsp3) is 1.00. The third-order valence-electron chi connectivity index (χ3n) is 4.66. The molecule has 1 rings (SSSR count). The average Bonchev–Trinajstić information content (AvgIpc) is 2.44. The van der Waals surface area contributed by atoms with Crippen molar-refractivity contribution >= 4 is 0 Å². The van der Waals surface area contributed by atoms with E-state index in [1.165, 1.54) is 38.5 Å². The van der Waals surface area contributed by atoms with Gasteiger partial charge in [0.2, 0.25) is 0 Å². The number of nitrogens with one attached hydrogen (secondary N) is 1. The van der Waals surface area contributed by atoms with E-state index in [9.17, 15) is 5.11 Å². The number of hydrogen-bond donors (Lipinski definition) is 2. The zero-order chi connectivity index (χ0) is 15.7. The summed E-state index contributed by atoms with van der Waals surface area (Å²) in [6.07, 6.45) is 8.75. The Balaban J connectivity index is 2.06. The monoisotopic (exact) mass is 299 g/mol. The summed E-state index contributed by atoms with van der Waals surface area (Å²) >= 11 is 0. The molecular formula is C18H37NO2. The highest BCUT2D eigenvalue weighted by Crippen LogP contribution is 2.26. The standard InChI is InChI=1S/C18H37NO2/c1-14(2)8-7-10-16(4)19-12-17(20)13-21-18-11-6-5-9-15(18)3/h14-20H,5-13H2,1-4H3. The SMILES string of the molecule is CC(C)CCCC(C)NCC(O)COC1CCCCC1C. The van der Waals surface area contributed by atoms with E-state index in [1.54, 1.807) is 0 Å². The first kappa shape index (κ1) is 18.9. The Labute approximate surface area is 131 Å². The van der Waals surface area contributed by atoms with Crippen molar-refractivity contribution in [3.8, 4) is 0 Å². The van der Waals surface area contributed by atoms with Gasteiger partial charge >= 0.3 is 0 Å². The molecule has 0 bridgehead atoms. The largest absolute Gasteiger partial charge is 0.389 e. The summed E-state index contributed by atoms with van der Waals surface area (Å²) in [6.45, 7) is 10.1. The fourth-order valence-electron chi connectivity index (χ4n) is 3.10. The van der Waals surface area contributed by atoms with Gasteiger partial charge in [-0.05, 0) is 38.0 Å². The summed E-state index contributed by atoms with van der Waals surface area (Å²) in [6, 6.07) is 0.479. The molecule has 0 aromatic heterocycles. The van der Waals surface area contributed by atoms with Gasteiger partial charge < -0.3 is 15.2 Å². The Morgan fingerprint density at radius 3 is 2.52 bits per heavy atom. The average molecular weight is 299 g/mol. The molecule has 21 heavy (non-hydrogen) atoms. The maximum absolute atomic E-state index is 10.0. The second kappa shape index (κ2) is 10.6. The summed E-state index contributed by atoms with van der Waals surface area (Å²) in [7, 11) is 0. The quantitative estimate of drug-likeness (QED) is 0.645. The zero-order valence-corrected chi connectivity index (χ0v) is 14.6. The maximum Gasteiger partial charge on any atom is 0.0897 e. The minimum absolute atomic E-state index is 0.358. The Kier molecular flexibility index (Phi) is 9.54. The van der Waals surface area contributed by atoms with Crippen LogP contribution in [0.1, 0.15) is 72.6 Å². The van der Waals surface area contributed by atoms with Crippen molar-refractivity contribution in [3.05, 3.63) is 0 Å². The molecule has 0 heterocycles. The molecule has 0 aliphatic heterocycles. The molecule has 0 amide bonds. The van der Waals surface area contributed by atoms with Gasteiger partial charge in [-0.15, -0.1) is 0 Å². The number of ether oxygens (including phenoxy) is 1. The Morgan fingerprint density at radius 2 is 1.86 bits per heavy atom. The van der Waals surface area contributed by atoms with E-state index >= 15 is 0 Å². The number of hydrogen-bond acceptors (Lipinski definition) is 3. The van der Waals surface area contributed by atoms with Crippen molar-refractivity contribution in [2.75, 3.05) is 13.2 Å². The van der Waals surface area contributed by atoms with Crippen molar-refractivity contribution < 1.29 is 9.84 Å². The van der Waals surface area contributed by atoms with Gasteiger partial charge in [-0.3, -0.25) is 0 Å². The van der Waals surface area contributed by atoms with E-state index < -0.39 is 0 Å². The molecule has 1 aliphatic carbocycles. The van der Waals surface area contributed by atoms with E-state index in [4.69, 9.17) is 4.74 Å². The van der Waals surface area contributed by atoms with E-state index in [0.29, 0.717) is 31.2 Å². The lowest BCUT2D eigenvalue weighted by Gasteiger charge is -2.29. The van der Waals surface area contributed by atoms with Crippen LogP contribution in [0.5, 0.6) is 0 Å². The lowest BCUT2D eigenvalue weighted by atomic mass is 9.88. The van der Waals surface area contributed by atoms with Gasteiger partial charge in [0.25, 0.3) is 0 Å². The Morgan fingerprint density at radius 1 is 1.14 bits per heavy atom. The second-order valence-electron chi connectivity index (χ2n) is 7.42. The molecule has 0 aromatic carbocycles. The molecular weight excluding hydrogens is 262 g/mol. The van der Waals surface area contributed by atoms with Crippen LogP contribution in [0.4, 0.5) is 0 Å². The lowest BCUT2D eigenvalue weighted by molar-refractivity contribution is -0.0455. The Bertz CT molecular complexity index is 258. The van der Waals surface area contributed by atoms with Crippen molar-refractivity contribution in [2.45, 2.75) is 90.9 Å². The summed E-state index contributed by atoms with van der Waals surface area (Å²) in [5, 5.41) is 13.5. The number of aliphatic hydroxyl groups is 1. The fourth-order valence-corrected chi connectivity index (χ4v) is 3.10. The van der Waals surface area contributed by atoms with E-state index in [-0.39, 0.29) is 6.10 Å². The molecule has 0 radical (unpaired) electrons. The summed E-state index contributed by atoms with van der Waals surface area (Å²) in [5.41, 5.74) is 0. The molecule has 0 saturated heterocycles. The molecule has 0 aromatic rings. The molecule has 2 N–H and O–H groups in total.